The Morgan fingerprint density at radius 2 is 1.61 bits per heavy atom. The Kier molecular flexibility index (Phi) is 5.32. The highest BCUT2D eigenvalue weighted by Gasteiger charge is 2.23. The zero-order chi connectivity index (χ0) is 19.2. The molecule has 9 nitrogen and oxygen atoms in total. The van der Waals surface area contributed by atoms with Gasteiger partial charge in [-0.3, -0.25) is 9.78 Å². The number of nitrogens with one attached hydrogen (secondary N) is 1. The maximum atomic E-state index is 12.7. The molecule has 9 heteroatoms. The molecule has 1 fully saturated rings. The van der Waals surface area contributed by atoms with Gasteiger partial charge in [0.1, 0.15) is 0 Å². The van der Waals surface area contributed by atoms with Crippen LogP contribution in [-0.4, -0.2) is 61.9 Å². The lowest BCUT2D eigenvalue weighted by Crippen LogP contribution is -2.49. The molecule has 1 aliphatic rings. The summed E-state index contributed by atoms with van der Waals surface area (Å²) in [6.07, 6.45) is 8.30. The molecular weight excluding hydrogens is 356 g/mol. The maximum Gasteiger partial charge on any atom is 0.257 e. The Balaban J connectivity index is 1.31. The van der Waals surface area contributed by atoms with E-state index in [1.807, 2.05) is 18.2 Å². The summed E-state index contributed by atoms with van der Waals surface area (Å²) in [4.78, 5) is 37.8. The fourth-order valence-corrected chi connectivity index (χ4v) is 2.95. The Morgan fingerprint density at radius 3 is 2.29 bits per heavy atom. The molecule has 3 aromatic heterocycles. The third-order valence-corrected chi connectivity index (χ3v) is 4.45. The summed E-state index contributed by atoms with van der Waals surface area (Å²) in [6.45, 7) is 3.13. The average Bonchev–Trinajstić information content (AvgIpc) is 2.79. The molecule has 0 bridgehead atoms. The molecule has 4 heterocycles. The molecule has 1 aliphatic heterocycles. The van der Waals surface area contributed by atoms with Gasteiger partial charge in [-0.05, 0) is 18.2 Å². The first-order chi connectivity index (χ1) is 13.8. The van der Waals surface area contributed by atoms with E-state index >= 15 is 0 Å². The van der Waals surface area contributed by atoms with Gasteiger partial charge in [-0.25, -0.2) is 19.9 Å². The first-order valence-corrected chi connectivity index (χ1v) is 9.07. The Bertz CT molecular complexity index is 896. The van der Waals surface area contributed by atoms with Crippen LogP contribution in [0, 0.1) is 0 Å². The zero-order valence-corrected chi connectivity index (χ0v) is 15.3. The number of aromatic nitrogens is 5. The smallest absolute Gasteiger partial charge is 0.257 e. The average molecular weight is 376 g/mol. The van der Waals surface area contributed by atoms with E-state index < -0.39 is 0 Å². The molecule has 28 heavy (non-hydrogen) atoms. The monoisotopic (exact) mass is 376 g/mol. The molecule has 0 atom stereocenters. The van der Waals surface area contributed by atoms with Gasteiger partial charge < -0.3 is 15.1 Å². The fourth-order valence-electron chi connectivity index (χ4n) is 2.95. The highest BCUT2D eigenvalue weighted by atomic mass is 16.2. The Labute approximate surface area is 162 Å². The summed E-state index contributed by atoms with van der Waals surface area (Å²) in [5, 5.41) is 3.10. The van der Waals surface area contributed by atoms with Crippen molar-refractivity contribution in [2.45, 2.75) is 6.54 Å². The van der Waals surface area contributed by atoms with Crippen molar-refractivity contribution in [3.63, 3.8) is 0 Å². The lowest BCUT2D eigenvalue weighted by molar-refractivity contribution is 0.0745. The SMILES string of the molecule is O=C(c1cnc(NCc2ccccn2)nc1)N1CCN(c2ncccn2)CC1. The maximum absolute atomic E-state index is 12.7. The van der Waals surface area contributed by atoms with Crippen LogP contribution >= 0.6 is 0 Å². The highest BCUT2D eigenvalue weighted by molar-refractivity contribution is 5.93. The summed E-state index contributed by atoms with van der Waals surface area (Å²) in [6, 6.07) is 7.51. The van der Waals surface area contributed by atoms with Gasteiger partial charge in [0.2, 0.25) is 11.9 Å². The van der Waals surface area contributed by atoms with Crippen molar-refractivity contribution in [3.8, 4) is 0 Å². The predicted molar refractivity (Wildman–Crippen MR) is 104 cm³/mol. The first-order valence-electron chi connectivity index (χ1n) is 9.07. The van der Waals surface area contributed by atoms with Gasteiger partial charge in [-0.2, -0.15) is 0 Å². The van der Waals surface area contributed by atoms with Crippen LogP contribution in [0.3, 0.4) is 0 Å². The van der Waals surface area contributed by atoms with Gasteiger partial charge in [0.15, 0.2) is 0 Å². The minimum atomic E-state index is -0.0649. The van der Waals surface area contributed by atoms with E-state index in [0.29, 0.717) is 50.2 Å². The molecule has 1 amide bonds. The van der Waals surface area contributed by atoms with Crippen molar-refractivity contribution in [2.24, 2.45) is 0 Å². The number of carbonyl (C=O) groups is 1. The van der Waals surface area contributed by atoms with Gasteiger partial charge in [-0.1, -0.05) is 6.07 Å². The van der Waals surface area contributed by atoms with Crippen molar-refractivity contribution in [1.82, 2.24) is 29.8 Å². The van der Waals surface area contributed by atoms with Gasteiger partial charge in [-0.15, -0.1) is 0 Å². The molecular formula is C19H20N8O. The molecule has 0 radical (unpaired) electrons. The standard InChI is InChI=1S/C19H20N8O/c28-17(26-8-10-27(11-9-26)19-21-6-3-7-22-19)15-12-23-18(24-13-15)25-14-16-4-1-2-5-20-16/h1-7,12-13H,8-11,14H2,(H,23,24,25). The molecule has 142 valence electrons. The number of amides is 1. The molecule has 1 N–H and O–H groups in total. The molecule has 0 saturated carbocycles. The second-order valence-corrected chi connectivity index (χ2v) is 6.30. The largest absolute Gasteiger partial charge is 0.349 e. The Morgan fingerprint density at radius 1 is 0.893 bits per heavy atom. The van der Waals surface area contributed by atoms with E-state index in [4.69, 9.17) is 0 Å². The molecule has 0 aliphatic carbocycles. The van der Waals surface area contributed by atoms with E-state index in [1.165, 1.54) is 0 Å². The lowest BCUT2D eigenvalue weighted by Gasteiger charge is -2.34. The van der Waals surface area contributed by atoms with Crippen molar-refractivity contribution in [1.29, 1.82) is 0 Å². The number of piperazine rings is 1. The van der Waals surface area contributed by atoms with Crippen LogP contribution in [0.5, 0.6) is 0 Å². The lowest BCUT2D eigenvalue weighted by atomic mass is 10.2. The number of nitrogens with zero attached hydrogens (tertiary/aromatic N) is 7. The van der Waals surface area contributed by atoms with Gasteiger partial charge >= 0.3 is 0 Å². The molecule has 0 unspecified atom stereocenters. The van der Waals surface area contributed by atoms with Crippen LogP contribution in [-0.2, 0) is 6.54 Å². The van der Waals surface area contributed by atoms with Crippen molar-refractivity contribution < 1.29 is 4.79 Å². The number of rotatable bonds is 5. The van der Waals surface area contributed by atoms with Crippen LogP contribution in [0.4, 0.5) is 11.9 Å². The Hall–Kier alpha value is -3.62. The van der Waals surface area contributed by atoms with Crippen LogP contribution < -0.4 is 10.2 Å². The summed E-state index contributed by atoms with van der Waals surface area (Å²) in [7, 11) is 0. The third-order valence-electron chi connectivity index (χ3n) is 4.45. The van der Waals surface area contributed by atoms with Gasteiger partial charge in [0, 0.05) is 57.2 Å². The molecule has 4 rings (SSSR count). The van der Waals surface area contributed by atoms with Crippen molar-refractivity contribution in [2.75, 3.05) is 36.4 Å². The molecule has 1 saturated heterocycles. The minimum absolute atomic E-state index is 0.0649. The predicted octanol–water partition coefficient (Wildman–Crippen LogP) is 1.24. The normalized spacial score (nSPS) is 14.0. The van der Waals surface area contributed by atoms with Crippen LogP contribution in [0.1, 0.15) is 16.1 Å². The van der Waals surface area contributed by atoms with Crippen LogP contribution in [0.2, 0.25) is 0 Å². The number of anilines is 2. The van der Waals surface area contributed by atoms with E-state index in [1.54, 1.807) is 42.0 Å². The molecule has 0 spiro atoms. The van der Waals surface area contributed by atoms with E-state index in [9.17, 15) is 4.79 Å². The fraction of sp³-hybridized carbons (Fsp3) is 0.263. The highest BCUT2D eigenvalue weighted by Crippen LogP contribution is 2.12. The van der Waals surface area contributed by atoms with E-state index in [-0.39, 0.29) is 5.91 Å². The summed E-state index contributed by atoms with van der Waals surface area (Å²) in [5.41, 5.74) is 1.37. The first kappa shape index (κ1) is 17.8. The third kappa shape index (κ3) is 4.20. The quantitative estimate of drug-likeness (QED) is 0.710. The zero-order valence-electron chi connectivity index (χ0n) is 15.3. The number of carbonyl (C=O) groups excluding carboxylic acids is 1. The second kappa shape index (κ2) is 8.38. The van der Waals surface area contributed by atoms with Crippen molar-refractivity contribution >= 4 is 17.8 Å². The van der Waals surface area contributed by atoms with Crippen molar-refractivity contribution in [3.05, 3.63) is 66.5 Å². The van der Waals surface area contributed by atoms with E-state index in [0.717, 1.165) is 5.69 Å². The topological polar surface area (TPSA) is 100 Å². The van der Waals surface area contributed by atoms with E-state index in [2.05, 4.69) is 35.1 Å². The summed E-state index contributed by atoms with van der Waals surface area (Å²) < 4.78 is 0. The molecule has 3 aromatic rings. The minimum Gasteiger partial charge on any atom is -0.349 e. The molecule has 0 aromatic carbocycles. The van der Waals surface area contributed by atoms with Gasteiger partial charge in [0.05, 0.1) is 17.8 Å². The van der Waals surface area contributed by atoms with Crippen LogP contribution in [0.15, 0.2) is 55.2 Å². The van der Waals surface area contributed by atoms with Gasteiger partial charge in [0.25, 0.3) is 5.91 Å². The summed E-state index contributed by atoms with van der Waals surface area (Å²) >= 11 is 0. The number of hydrogen-bond donors (Lipinski definition) is 1. The number of pyridine rings is 1. The summed E-state index contributed by atoms with van der Waals surface area (Å²) in [5.74, 6) is 1.10. The van der Waals surface area contributed by atoms with Crippen LogP contribution in [0.25, 0.3) is 0 Å². The number of hydrogen-bond acceptors (Lipinski definition) is 8. The second-order valence-electron chi connectivity index (χ2n) is 6.30.